The van der Waals surface area contributed by atoms with Gasteiger partial charge in [0.1, 0.15) is 0 Å². The molecule has 2 aromatic rings. The van der Waals surface area contributed by atoms with E-state index in [0.717, 1.165) is 18.5 Å². The Balaban J connectivity index is 1.63. The lowest BCUT2D eigenvalue weighted by Crippen LogP contribution is -2.33. The summed E-state index contributed by atoms with van der Waals surface area (Å²) in [5.41, 5.74) is 1.16. The van der Waals surface area contributed by atoms with Crippen LogP contribution in [-0.2, 0) is 0 Å². The van der Waals surface area contributed by atoms with Crippen molar-refractivity contribution < 1.29 is 4.79 Å². The largest absolute Gasteiger partial charge is 0.348 e. The Labute approximate surface area is 134 Å². The van der Waals surface area contributed by atoms with Crippen LogP contribution in [0.4, 0.5) is 11.5 Å². The number of carbonyl (C=O) groups is 1. The van der Waals surface area contributed by atoms with Gasteiger partial charge < -0.3 is 10.6 Å². The summed E-state index contributed by atoms with van der Waals surface area (Å²) in [6, 6.07) is 11.0. The summed E-state index contributed by atoms with van der Waals surface area (Å²) < 4.78 is 0. The summed E-state index contributed by atoms with van der Waals surface area (Å²) in [7, 11) is 0. The second kappa shape index (κ2) is 6.75. The highest BCUT2D eigenvalue weighted by Crippen LogP contribution is 2.19. The Bertz CT molecular complexity index is 653. The van der Waals surface area contributed by atoms with Crippen LogP contribution in [-0.4, -0.2) is 22.1 Å². The molecule has 0 atom stereocenters. The van der Waals surface area contributed by atoms with Gasteiger partial charge in [-0.25, -0.2) is 0 Å². The van der Waals surface area contributed by atoms with Crippen molar-refractivity contribution in [2.75, 3.05) is 5.32 Å². The number of benzene rings is 1. The number of nitrogens with zero attached hydrogens (tertiary/aromatic N) is 2. The van der Waals surface area contributed by atoms with Gasteiger partial charge in [-0.05, 0) is 43.2 Å². The van der Waals surface area contributed by atoms with Crippen LogP contribution < -0.4 is 10.6 Å². The average molecular weight is 317 g/mol. The van der Waals surface area contributed by atoms with Crippen LogP contribution in [0.15, 0.2) is 36.4 Å². The molecule has 1 aliphatic rings. The number of amides is 1. The molecule has 1 saturated carbocycles. The van der Waals surface area contributed by atoms with E-state index in [2.05, 4.69) is 20.8 Å². The first-order valence-electron chi connectivity index (χ1n) is 7.38. The number of carbonyl (C=O) groups excluding carboxylic acids is 1. The van der Waals surface area contributed by atoms with Crippen LogP contribution in [0.3, 0.4) is 0 Å². The molecular weight excluding hydrogens is 300 g/mol. The minimum Gasteiger partial charge on any atom is -0.348 e. The molecule has 0 saturated heterocycles. The van der Waals surface area contributed by atoms with Crippen LogP contribution in [0.25, 0.3) is 0 Å². The third kappa shape index (κ3) is 3.74. The maximum atomic E-state index is 12.1. The summed E-state index contributed by atoms with van der Waals surface area (Å²) in [5.74, 6) is 0.411. The van der Waals surface area contributed by atoms with Crippen LogP contribution in [0.2, 0.25) is 5.02 Å². The van der Waals surface area contributed by atoms with Crippen molar-refractivity contribution in [3.8, 4) is 0 Å². The maximum Gasteiger partial charge on any atom is 0.272 e. The van der Waals surface area contributed by atoms with Crippen molar-refractivity contribution in [2.24, 2.45) is 0 Å². The zero-order valence-electron chi connectivity index (χ0n) is 12.1. The molecule has 1 heterocycles. The molecule has 1 aliphatic carbocycles. The second-order valence-electron chi connectivity index (χ2n) is 5.39. The molecule has 22 heavy (non-hydrogen) atoms. The highest BCUT2D eigenvalue weighted by molar-refractivity contribution is 6.30. The molecule has 1 fully saturated rings. The lowest BCUT2D eigenvalue weighted by atomic mass is 10.2. The Kier molecular flexibility index (Phi) is 4.53. The fourth-order valence-corrected chi connectivity index (χ4v) is 2.75. The van der Waals surface area contributed by atoms with Gasteiger partial charge in [-0.15, -0.1) is 10.2 Å². The molecule has 0 radical (unpaired) electrons. The van der Waals surface area contributed by atoms with Crippen molar-refractivity contribution in [3.63, 3.8) is 0 Å². The lowest BCUT2D eigenvalue weighted by Gasteiger charge is -2.11. The molecule has 0 spiro atoms. The highest BCUT2D eigenvalue weighted by Gasteiger charge is 2.18. The van der Waals surface area contributed by atoms with Gasteiger partial charge in [0, 0.05) is 16.8 Å². The second-order valence-corrected chi connectivity index (χ2v) is 5.83. The van der Waals surface area contributed by atoms with Gasteiger partial charge in [0.05, 0.1) is 0 Å². The standard InChI is InChI=1S/C16H17ClN4O/c17-11-4-3-7-13(10-11)18-15-9-8-14(20-21-15)16(22)19-12-5-1-2-6-12/h3-4,7-10,12H,1-2,5-6H2,(H,18,21)(H,19,22). The van der Waals surface area contributed by atoms with Crippen LogP contribution >= 0.6 is 11.6 Å². The summed E-state index contributed by atoms with van der Waals surface area (Å²) in [6.45, 7) is 0. The molecular formula is C16H17ClN4O. The molecule has 1 aromatic carbocycles. The molecule has 114 valence electrons. The molecule has 1 aromatic heterocycles. The predicted octanol–water partition coefficient (Wildman–Crippen LogP) is 3.55. The van der Waals surface area contributed by atoms with Crippen LogP contribution in [0.5, 0.6) is 0 Å². The molecule has 0 aliphatic heterocycles. The minimum absolute atomic E-state index is 0.159. The van der Waals surface area contributed by atoms with E-state index in [1.807, 2.05) is 12.1 Å². The Morgan fingerprint density at radius 2 is 1.95 bits per heavy atom. The predicted molar refractivity (Wildman–Crippen MR) is 86.5 cm³/mol. The van der Waals surface area contributed by atoms with E-state index in [0.29, 0.717) is 16.5 Å². The number of aromatic nitrogens is 2. The highest BCUT2D eigenvalue weighted by atomic mass is 35.5. The lowest BCUT2D eigenvalue weighted by molar-refractivity contribution is 0.0932. The molecule has 3 rings (SSSR count). The maximum absolute atomic E-state index is 12.1. The molecule has 1 amide bonds. The summed E-state index contributed by atoms with van der Waals surface area (Å²) >= 11 is 5.93. The number of anilines is 2. The summed E-state index contributed by atoms with van der Waals surface area (Å²) in [4.78, 5) is 12.1. The third-order valence-electron chi connectivity index (χ3n) is 3.68. The number of hydrogen-bond donors (Lipinski definition) is 2. The molecule has 0 bridgehead atoms. The van der Waals surface area contributed by atoms with E-state index in [1.165, 1.54) is 12.8 Å². The van der Waals surface area contributed by atoms with E-state index < -0.39 is 0 Å². The Hall–Kier alpha value is -2.14. The fraction of sp³-hybridized carbons (Fsp3) is 0.312. The first-order valence-corrected chi connectivity index (χ1v) is 7.76. The van der Waals surface area contributed by atoms with Gasteiger partial charge in [0.15, 0.2) is 11.5 Å². The summed E-state index contributed by atoms with van der Waals surface area (Å²) in [6.07, 6.45) is 4.46. The monoisotopic (exact) mass is 316 g/mol. The third-order valence-corrected chi connectivity index (χ3v) is 3.92. The molecule has 0 unspecified atom stereocenters. The molecule has 6 heteroatoms. The van der Waals surface area contributed by atoms with Gasteiger partial charge in [0.2, 0.25) is 0 Å². The summed E-state index contributed by atoms with van der Waals surface area (Å²) in [5, 5.41) is 14.7. The molecule has 5 nitrogen and oxygen atoms in total. The van der Waals surface area contributed by atoms with Crippen molar-refractivity contribution in [3.05, 3.63) is 47.1 Å². The van der Waals surface area contributed by atoms with Crippen molar-refractivity contribution in [1.82, 2.24) is 15.5 Å². The van der Waals surface area contributed by atoms with Gasteiger partial charge in [-0.3, -0.25) is 4.79 Å². The first kappa shape index (κ1) is 14.8. The van der Waals surface area contributed by atoms with E-state index in [-0.39, 0.29) is 11.9 Å². The Morgan fingerprint density at radius 1 is 1.14 bits per heavy atom. The fourth-order valence-electron chi connectivity index (χ4n) is 2.56. The quantitative estimate of drug-likeness (QED) is 0.905. The van der Waals surface area contributed by atoms with E-state index >= 15 is 0 Å². The Morgan fingerprint density at radius 3 is 2.64 bits per heavy atom. The zero-order valence-corrected chi connectivity index (χ0v) is 12.8. The van der Waals surface area contributed by atoms with E-state index in [9.17, 15) is 4.79 Å². The van der Waals surface area contributed by atoms with Crippen molar-refractivity contribution in [2.45, 2.75) is 31.7 Å². The zero-order chi connectivity index (χ0) is 15.4. The smallest absolute Gasteiger partial charge is 0.272 e. The first-order chi connectivity index (χ1) is 10.7. The number of rotatable bonds is 4. The van der Waals surface area contributed by atoms with Crippen LogP contribution in [0, 0.1) is 0 Å². The van der Waals surface area contributed by atoms with E-state index in [1.54, 1.807) is 24.3 Å². The SMILES string of the molecule is O=C(NC1CCCC1)c1ccc(Nc2cccc(Cl)c2)nn1. The van der Waals surface area contributed by atoms with E-state index in [4.69, 9.17) is 11.6 Å². The number of hydrogen-bond acceptors (Lipinski definition) is 4. The topological polar surface area (TPSA) is 66.9 Å². The number of nitrogens with one attached hydrogen (secondary N) is 2. The van der Waals surface area contributed by atoms with Gasteiger partial charge in [-0.2, -0.15) is 0 Å². The van der Waals surface area contributed by atoms with Crippen LogP contribution in [0.1, 0.15) is 36.2 Å². The minimum atomic E-state index is -0.159. The normalized spacial score (nSPS) is 14.8. The number of halogens is 1. The van der Waals surface area contributed by atoms with Crippen molar-refractivity contribution in [1.29, 1.82) is 0 Å². The average Bonchev–Trinajstić information content (AvgIpc) is 3.01. The van der Waals surface area contributed by atoms with Gasteiger partial charge in [-0.1, -0.05) is 30.5 Å². The van der Waals surface area contributed by atoms with Crippen molar-refractivity contribution >= 4 is 29.0 Å². The van der Waals surface area contributed by atoms with Gasteiger partial charge >= 0.3 is 0 Å². The molecule has 2 N–H and O–H groups in total. The van der Waals surface area contributed by atoms with Gasteiger partial charge in [0.25, 0.3) is 5.91 Å².